The Balaban J connectivity index is 1.39. The van der Waals surface area contributed by atoms with E-state index >= 15 is 0 Å². The Hall–Kier alpha value is -2.45. The summed E-state index contributed by atoms with van der Waals surface area (Å²) >= 11 is 2.26. The van der Waals surface area contributed by atoms with Gasteiger partial charge in [0.15, 0.2) is 0 Å². The van der Waals surface area contributed by atoms with E-state index in [1.807, 2.05) is 61.5 Å². The lowest BCUT2D eigenvalue weighted by atomic mass is 9.84. The van der Waals surface area contributed by atoms with Gasteiger partial charge in [0.25, 0.3) is 5.91 Å². The molecule has 2 heterocycles. The molecule has 0 unspecified atom stereocenters. The van der Waals surface area contributed by atoms with Gasteiger partial charge in [0.2, 0.25) is 0 Å². The molecule has 0 aliphatic carbocycles. The molecule has 6 heteroatoms. The molecule has 1 aromatic heterocycles. The molecule has 154 valence electrons. The summed E-state index contributed by atoms with van der Waals surface area (Å²) in [6.07, 6.45) is 2.90. The number of amides is 1. The second-order valence-electron chi connectivity index (χ2n) is 7.71. The topological polar surface area (TPSA) is 65.5 Å². The first-order valence-corrected chi connectivity index (χ1v) is 11.1. The van der Waals surface area contributed by atoms with Crippen molar-refractivity contribution < 1.29 is 9.90 Å². The fourth-order valence-electron chi connectivity index (χ4n) is 3.72. The van der Waals surface area contributed by atoms with E-state index < -0.39 is 5.60 Å². The molecule has 5 nitrogen and oxygen atoms in total. The maximum atomic E-state index is 12.5. The van der Waals surface area contributed by atoms with Crippen LogP contribution >= 0.6 is 22.6 Å². The van der Waals surface area contributed by atoms with Crippen LogP contribution in [0.5, 0.6) is 0 Å². The van der Waals surface area contributed by atoms with Crippen LogP contribution in [-0.4, -0.2) is 29.1 Å². The number of hydrogen-bond donors (Lipinski definition) is 2. The molecule has 0 bridgehead atoms. The molecule has 2 N–H and O–H groups in total. The van der Waals surface area contributed by atoms with Gasteiger partial charge in [0, 0.05) is 28.5 Å². The number of aryl methyl sites for hydroxylation is 1. The van der Waals surface area contributed by atoms with E-state index in [0.717, 1.165) is 20.6 Å². The number of nitrogens with zero attached hydrogens (tertiary/aromatic N) is 2. The van der Waals surface area contributed by atoms with Crippen molar-refractivity contribution in [2.45, 2.75) is 25.4 Å². The Labute approximate surface area is 190 Å². The molecule has 0 saturated carbocycles. The van der Waals surface area contributed by atoms with Crippen LogP contribution in [0, 0.1) is 10.5 Å². The molecule has 1 fully saturated rings. The van der Waals surface area contributed by atoms with Gasteiger partial charge in [-0.05, 0) is 77.7 Å². The van der Waals surface area contributed by atoms with Gasteiger partial charge < -0.3 is 15.3 Å². The summed E-state index contributed by atoms with van der Waals surface area (Å²) in [5, 5.41) is 13.9. The highest BCUT2D eigenvalue weighted by atomic mass is 127. The number of aromatic nitrogens is 1. The van der Waals surface area contributed by atoms with Gasteiger partial charge in [0.1, 0.15) is 5.82 Å². The van der Waals surface area contributed by atoms with E-state index in [1.54, 1.807) is 12.3 Å². The van der Waals surface area contributed by atoms with E-state index in [2.05, 4.69) is 37.8 Å². The quantitative estimate of drug-likeness (QED) is 0.495. The molecule has 1 aliphatic heterocycles. The van der Waals surface area contributed by atoms with Gasteiger partial charge in [0.05, 0.1) is 11.2 Å². The van der Waals surface area contributed by atoms with Crippen molar-refractivity contribution in [2.75, 3.05) is 23.3 Å². The van der Waals surface area contributed by atoms with Gasteiger partial charge in [-0.3, -0.25) is 4.79 Å². The van der Waals surface area contributed by atoms with Crippen molar-refractivity contribution >= 4 is 40.0 Å². The van der Waals surface area contributed by atoms with Crippen LogP contribution in [0.4, 0.5) is 11.5 Å². The molecule has 0 spiro atoms. The highest BCUT2D eigenvalue weighted by molar-refractivity contribution is 14.1. The van der Waals surface area contributed by atoms with Crippen molar-refractivity contribution in [3.8, 4) is 0 Å². The van der Waals surface area contributed by atoms with E-state index in [0.29, 0.717) is 31.5 Å². The van der Waals surface area contributed by atoms with E-state index in [1.165, 1.54) is 5.56 Å². The summed E-state index contributed by atoms with van der Waals surface area (Å²) in [6.45, 7) is 3.47. The largest absolute Gasteiger partial charge is 0.385 e. The second-order valence-corrected chi connectivity index (χ2v) is 8.87. The summed E-state index contributed by atoms with van der Waals surface area (Å²) in [5.41, 5.74) is 2.65. The minimum atomic E-state index is -0.789. The molecular weight excluding hydrogens is 489 g/mol. The van der Waals surface area contributed by atoms with Crippen LogP contribution in [0.1, 0.15) is 34.3 Å². The Morgan fingerprint density at radius 2 is 1.83 bits per heavy atom. The minimum absolute atomic E-state index is 0.175. The average Bonchev–Trinajstić information content (AvgIpc) is 2.77. The number of benzene rings is 2. The predicted molar refractivity (Wildman–Crippen MR) is 128 cm³/mol. The average molecular weight is 513 g/mol. The van der Waals surface area contributed by atoms with Crippen molar-refractivity contribution in [1.29, 1.82) is 0 Å². The summed E-state index contributed by atoms with van der Waals surface area (Å²) in [5.74, 6) is 0.650. The van der Waals surface area contributed by atoms with Crippen LogP contribution in [-0.2, 0) is 5.60 Å². The SMILES string of the molecule is Cc1ccc(NC(=O)c2ccc(N3CCC(O)(c4ccccc4)CC3)nc2)cc1I. The first-order chi connectivity index (χ1) is 14.4. The van der Waals surface area contributed by atoms with E-state index in [4.69, 9.17) is 0 Å². The molecule has 4 rings (SSSR count). The first-order valence-electron chi connectivity index (χ1n) is 10.0. The van der Waals surface area contributed by atoms with Crippen molar-refractivity contribution in [3.05, 3.63) is 87.1 Å². The molecule has 1 saturated heterocycles. The third kappa shape index (κ3) is 4.49. The zero-order valence-corrected chi connectivity index (χ0v) is 19.0. The lowest BCUT2D eigenvalue weighted by molar-refractivity contribution is 0.0116. The lowest BCUT2D eigenvalue weighted by Gasteiger charge is -2.39. The van der Waals surface area contributed by atoms with Crippen LogP contribution in [0.25, 0.3) is 0 Å². The van der Waals surface area contributed by atoms with Crippen LogP contribution in [0.15, 0.2) is 66.9 Å². The number of anilines is 2. The van der Waals surface area contributed by atoms with Gasteiger partial charge >= 0.3 is 0 Å². The molecule has 1 aliphatic rings. The normalized spacial score (nSPS) is 15.6. The monoisotopic (exact) mass is 513 g/mol. The number of pyridine rings is 1. The number of aliphatic hydroxyl groups is 1. The van der Waals surface area contributed by atoms with Crippen LogP contribution in [0.3, 0.4) is 0 Å². The number of halogens is 1. The summed E-state index contributed by atoms with van der Waals surface area (Å²) in [4.78, 5) is 19.2. The minimum Gasteiger partial charge on any atom is -0.385 e. The molecule has 2 aromatic carbocycles. The van der Waals surface area contributed by atoms with Gasteiger partial charge in [-0.2, -0.15) is 0 Å². The van der Waals surface area contributed by atoms with Crippen molar-refractivity contribution in [2.24, 2.45) is 0 Å². The number of carbonyl (C=O) groups is 1. The Morgan fingerprint density at radius 1 is 1.10 bits per heavy atom. The molecule has 1 amide bonds. The fraction of sp³-hybridized carbons (Fsp3) is 0.250. The summed E-state index contributed by atoms with van der Waals surface area (Å²) in [6, 6.07) is 19.4. The third-order valence-electron chi connectivity index (χ3n) is 5.67. The molecule has 3 aromatic rings. The lowest BCUT2D eigenvalue weighted by Crippen LogP contribution is -2.43. The maximum absolute atomic E-state index is 12.5. The third-order valence-corrected chi connectivity index (χ3v) is 6.83. The molecule has 0 atom stereocenters. The number of nitrogens with one attached hydrogen (secondary N) is 1. The zero-order valence-electron chi connectivity index (χ0n) is 16.8. The maximum Gasteiger partial charge on any atom is 0.257 e. The first kappa shape index (κ1) is 20.8. The summed E-state index contributed by atoms with van der Waals surface area (Å²) < 4.78 is 1.11. The zero-order chi connectivity index (χ0) is 21.1. The van der Waals surface area contributed by atoms with Crippen LogP contribution in [0.2, 0.25) is 0 Å². The van der Waals surface area contributed by atoms with Crippen LogP contribution < -0.4 is 10.2 Å². The van der Waals surface area contributed by atoms with Crippen molar-refractivity contribution in [3.63, 3.8) is 0 Å². The molecular formula is C24H24IN3O2. The highest BCUT2D eigenvalue weighted by Gasteiger charge is 2.34. The van der Waals surface area contributed by atoms with Gasteiger partial charge in [-0.25, -0.2) is 4.98 Å². The summed E-state index contributed by atoms with van der Waals surface area (Å²) in [7, 11) is 0. The predicted octanol–water partition coefficient (Wildman–Crippen LogP) is 4.73. The Morgan fingerprint density at radius 3 is 2.47 bits per heavy atom. The van der Waals surface area contributed by atoms with E-state index in [9.17, 15) is 9.90 Å². The smallest absolute Gasteiger partial charge is 0.257 e. The van der Waals surface area contributed by atoms with E-state index in [-0.39, 0.29) is 5.91 Å². The Kier molecular flexibility index (Phi) is 6.06. The molecule has 0 radical (unpaired) electrons. The number of piperidine rings is 1. The van der Waals surface area contributed by atoms with Gasteiger partial charge in [-0.1, -0.05) is 36.4 Å². The number of rotatable bonds is 4. The standard InChI is InChI=1S/C24H24IN3O2/c1-17-7-9-20(15-21(17)25)27-23(29)18-8-10-22(26-16-18)28-13-11-24(30,12-14-28)19-5-3-2-4-6-19/h2-10,15-16,30H,11-14H2,1H3,(H,27,29). The van der Waals surface area contributed by atoms with Crippen molar-refractivity contribution in [1.82, 2.24) is 4.98 Å². The highest BCUT2D eigenvalue weighted by Crippen LogP contribution is 2.33. The van der Waals surface area contributed by atoms with Gasteiger partial charge in [-0.15, -0.1) is 0 Å². The number of carbonyl (C=O) groups excluding carboxylic acids is 1. The Bertz CT molecular complexity index is 1030. The second kappa shape index (κ2) is 8.73. The fourth-order valence-corrected chi connectivity index (χ4v) is 4.24. The number of hydrogen-bond acceptors (Lipinski definition) is 4. The molecule has 30 heavy (non-hydrogen) atoms.